The van der Waals surface area contributed by atoms with E-state index < -0.39 is 30.2 Å². The highest BCUT2D eigenvalue weighted by molar-refractivity contribution is 5.98. The zero-order valence-corrected chi connectivity index (χ0v) is 17.7. The number of amides is 4. The highest BCUT2D eigenvalue weighted by Crippen LogP contribution is 2.28. The molecule has 1 atom stereocenters. The predicted molar refractivity (Wildman–Crippen MR) is 112 cm³/mol. The Bertz CT molecular complexity index is 800. The molecule has 4 amide bonds. The lowest BCUT2D eigenvalue weighted by molar-refractivity contribution is -0.154. The summed E-state index contributed by atoms with van der Waals surface area (Å²) in [6.45, 7) is 1.79. The Morgan fingerprint density at radius 1 is 1.26 bits per heavy atom. The first-order valence-corrected chi connectivity index (χ1v) is 10.5. The Morgan fingerprint density at radius 3 is 2.71 bits per heavy atom. The SMILES string of the molecule is CCCCC[C@H](CN(O)C=O)C(=O)NNC(=O)c1ccc2c(c1)CCCN2C(=O)CO. The van der Waals surface area contributed by atoms with Gasteiger partial charge in [0.25, 0.3) is 11.8 Å². The monoisotopic (exact) mass is 434 g/mol. The van der Waals surface area contributed by atoms with E-state index in [1.54, 1.807) is 18.2 Å². The molecule has 2 rings (SSSR count). The third-order valence-electron chi connectivity index (χ3n) is 5.25. The summed E-state index contributed by atoms with van der Waals surface area (Å²) in [7, 11) is 0. The molecule has 170 valence electrons. The van der Waals surface area contributed by atoms with Crippen molar-refractivity contribution in [3.05, 3.63) is 29.3 Å². The number of hydrogen-bond acceptors (Lipinski definition) is 6. The van der Waals surface area contributed by atoms with E-state index in [-0.39, 0.29) is 13.0 Å². The van der Waals surface area contributed by atoms with E-state index in [2.05, 4.69) is 10.9 Å². The Kier molecular flexibility index (Phi) is 9.41. The van der Waals surface area contributed by atoms with Crippen molar-refractivity contribution in [2.24, 2.45) is 5.92 Å². The first-order chi connectivity index (χ1) is 14.9. The smallest absolute Gasteiger partial charge is 0.269 e. The van der Waals surface area contributed by atoms with Gasteiger partial charge in [0.2, 0.25) is 12.3 Å². The number of benzene rings is 1. The van der Waals surface area contributed by atoms with Crippen LogP contribution in [0, 0.1) is 5.92 Å². The second-order valence-corrected chi connectivity index (χ2v) is 7.51. The van der Waals surface area contributed by atoms with Gasteiger partial charge < -0.3 is 10.0 Å². The molecule has 0 spiro atoms. The molecule has 1 heterocycles. The van der Waals surface area contributed by atoms with Gasteiger partial charge in [-0.2, -0.15) is 0 Å². The van der Waals surface area contributed by atoms with E-state index in [1.807, 2.05) is 6.92 Å². The number of rotatable bonds is 10. The summed E-state index contributed by atoms with van der Waals surface area (Å²) in [5.41, 5.74) is 6.52. The number of anilines is 1. The topological polar surface area (TPSA) is 139 Å². The Hall–Kier alpha value is -2.98. The third-order valence-corrected chi connectivity index (χ3v) is 5.25. The normalized spacial score (nSPS) is 13.7. The summed E-state index contributed by atoms with van der Waals surface area (Å²) in [4.78, 5) is 49.0. The first kappa shape index (κ1) is 24.3. The van der Waals surface area contributed by atoms with Gasteiger partial charge in [0.05, 0.1) is 12.5 Å². The van der Waals surface area contributed by atoms with Crippen molar-refractivity contribution in [1.29, 1.82) is 0 Å². The number of carbonyl (C=O) groups is 4. The summed E-state index contributed by atoms with van der Waals surface area (Å²) >= 11 is 0. The van der Waals surface area contributed by atoms with E-state index >= 15 is 0 Å². The summed E-state index contributed by atoms with van der Waals surface area (Å²) in [6.07, 6.45) is 4.73. The van der Waals surface area contributed by atoms with Gasteiger partial charge in [0.1, 0.15) is 6.61 Å². The minimum absolute atomic E-state index is 0.164. The van der Waals surface area contributed by atoms with Crippen molar-refractivity contribution in [3.8, 4) is 0 Å². The number of carbonyl (C=O) groups excluding carboxylic acids is 4. The number of aryl methyl sites for hydroxylation is 1. The van der Waals surface area contributed by atoms with Crippen LogP contribution in [0.15, 0.2) is 18.2 Å². The molecular formula is C21H30N4O6. The van der Waals surface area contributed by atoms with Crippen LogP contribution in [-0.4, -0.2) is 59.2 Å². The van der Waals surface area contributed by atoms with Crippen molar-refractivity contribution in [2.45, 2.75) is 45.4 Å². The van der Waals surface area contributed by atoms with Crippen molar-refractivity contribution in [2.75, 3.05) is 24.6 Å². The fraction of sp³-hybridized carbons (Fsp3) is 0.524. The van der Waals surface area contributed by atoms with Gasteiger partial charge >= 0.3 is 0 Å². The number of hydrazine groups is 1. The highest BCUT2D eigenvalue weighted by Gasteiger charge is 2.24. The number of hydrogen-bond donors (Lipinski definition) is 4. The van der Waals surface area contributed by atoms with Crippen molar-refractivity contribution < 1.29 is 29.5 Å². The molecule has 1 aromatic carbocycles. The van der Waals surface area contributed by atoms with Crippen LogP contribution in [0.5, 0.6) is 0 Å². The van der Waals surface area contributed by atoms with E-state index in [0.29, 0.717) is 42.1 Å². The molecule has 1 aliphatic rings. The zero-order chi connectivity index (χ0) is 22.8. The number of fused-ring (bicyclic) bond motifs is 1. The number of nitrogens with zero attached hydrogens (tertiary/aromatic N) is 2. The average molecular weight is 434 g/mol. The molecule has 1 aliphatic heterocycles. The second kappa shape index (κ2) is 12.0. The van der Waals surface area contributed by atoms with Crippen LogP contribution in [-0.2, 0) is 20.8 Å². The van der Waals surface area contributed by atoms with Crippen LogP contribution in [0.4, 0.5) is 5.69 Å². The Balaban J connectivity index is 2.01. The Labute approximate surface area is 181 Å². The molecule has 0 aliphatic carbocycles. The van der Waals surface area contributed by atoms with E-state index in [1.165, 1.54) is 4.90 Å². The van der Waals surface area contributed by atoms with Gasteiger partial charge in [-0.25, -0.2) is 5.06 Å². The van der Waals surface area contributed by atoms with Crippen LogP contribution < -0.4 is 15.8 Å². The maximum Gasteiger partial charge on any atom is 0.269 e. The van der Waals surface area contributed by atoms with Crippen molar-refractivity contribution in [3.63, 3.8) is 0 Å². The summed E-state index contributed by atoms with van der Waals surface area (Å²) in [6, 6.07) is 4.86. The largest absolute Gasteiger partial charge is 0.387 e. The lowest BCUT2D eigenvalue weighted by Crippen LogP contribution is -2.47. The van der Waals surface area contributed by atoms with Gasteiger partial charge in [-0.05, 0) is 43.0 Å². The van der Waals surface area contributed by atoms with Crippen LogP contribution in [0.1, 0.15) is 54.9 Å². The van der Waals surface area contributed by atoms with E-state index in [4.69, 9.17) is 5.11 Å². The molecule has 10 nitrogen and oxygen atoms in total. The second-order valence-electron chi connectivity index (χ2n) is 7.51. The van der Waals surface area contributed by atoms with Crippen molar-refractivity contribution in [1.82, 2.24) is 15.9 Å². The lowest BCUT2D eigenvalue weighted by Gasteiger charge is -2.29. The molecule has 0 saturated heterocycles. The molecule has 1 aromatic rings. The standard InChI is InChI=1S/C21H30N4O6/c1-2-3-4-6-17(12-24(31)14-27)21(30)23-22-20(29)16-8-9-18-15(11-16)7-5-10-25(18)19(28)13-26/h8-9,11,14,17,26,31H,2-7,10,12-13H2,1H3,(H,22,29)(H,23,30)/t17-/m1/s1. The predicted octanol–water partition coefficient (Wildman–Crippen LogP) is 0.763. The van der Waals surface area contributed by atoms with Gasteiger partial charge in [-0.15, -0.1) is 0 Å². The maximum absolute atomic E-state index is 12.5. The van der Waals surface area contributed by atoms with Crippen LogP contribution in [0.25, 0.3) is 0 Å². The van der Waals surface area contributed by atoms with Crippen LogP contribution >= 0.6 is 0 Å². The molecule has 0 saturated carbocycles. The van der Waals surface area contributed by atoms with Crippen LogP contribution in [0.2, 0.25) is 0 Å². The summed E-state index contributed by atoms with van der Waals surface area (Å²) in [5, 5.41) is 19.0. The molecule has 0 fully saturated rings. The molecular weight excluding hydrogens is 404 g/mol. The number of nitrogens with one attached hydrogen (secondary N) is 2. The maximum atomic E-state index is 12.5. The van der Waals surface area contributed by atoms with E-state index in [0.717, 1.165) is 24.8 Å². The van der Waals surface area contributed by atoms with Gasteiger partial charge in [0, 0.05) is 17.8 Å². The molecule has 0 radical (unpaired) electrons. The van der Waals surface area contributed by atoms with E-state index in [9.17, 15) is 24.4 Å². The van der Waals surface area contributed by atoms with Crippen LogP contribution in [0.3, 0.4) is 0 Å². The number of unbranched alkanes of at least 4 members (excludes halogenated alkanes) is 2. The highest BCUT2D eigenvalue weighted by atomic mass is 16.5. The first-order valence-electron chi connectivity index (χ1n) is 10.5. The molecule has 0 unspecified atom stereocenters. The van der Waals surface area contributed by atoms with Crippen molar-refractivity contribution >= 4 is 29.8 Å². The van der Waals surface area contributed by atoms with Gasteiger partial charge in [-0.3, -0.25) is 35.2 Å². The minimum atomic E-state index is -0.663. The number of aliphatic hydroxyl groups excluding tert-OH is 1. The third kappa shape index (κ3) is 6.76. The quantitative estimate of drug-likeness (QED) is 0.186. The average Bonchev–Trinajstić information content (AvgIpc) is 2.80. The molecule has 10 heteroatoms. The molecule has 4 N–H and O–H groups in total. The molecule has 31 heavy (non-hydrogen) atoms. The Morgan fingerprint density at radius 2 is 2.03 bits per heavy atom. The summed E-state index contributed by atoms with van der Waals surface area (Å²) in [5.74, 6) is -2.08. The lowest BCUT2D eigenvalue weighted by atomic mass is 9.99. The zero-order valence-electron chi connectivity index (χ0n) is 17.7. The number of hydroxylamine groups is 2. The summed E-state index contributed by atoms with van der Waals surface area (Å²) < 4.78 is 0. The molecule has 0 bridgehead atoms. The fourth-order valence-corrected chi connectivity index (χ4v) is 3.59. The van der Waals surface area contributed by atoms with Gasteiger partial charge in [-0.1, -0.05) is 26.2 Å². The fourth-order valence-electron chi connectivity index (χ4n) is 3.59. The van der Waals surface area contributed by atoms with Gasteiger partial charge in [0.15, 0.2) is 0 Å². The minimum Gasteiger partial charge on any atom is -0.387 e. The molecule has 0 aromatic heterocycles. The number of aliphatic hydroxyl groups is 1.